The monoisotopic (exact) mass is 327 g/mol. The van der Waals surface area contributed by atoms with Crippen molar-refractivity contribution in [2.75, 3.05) is 0 Å². The van der Waals surface area contributed by atoms with E-state index in [1.54, 1.807) is 0 Å². The van der Waals surface area contributed by atoms with Crippen molar-refractivity contribution in [2.45, 2.75) is 26.8 Å². The highest BCUT2D eigenvalue weighted by Crippen LogP contribution is 2.33. The number of aryl methyl sites for hydroxylation is 3. The number of para-hydroxylation sites is 1. The largest absolute Gasteiger partial charge is 0.233 e. The highest BCUT2D eigenvalue weighted by atomic mass is 15.4. The van der Waals surface area contributed by atoms with E-state index in [2.05, 4.69) is 84.3 Å². The van der Waals surface area contributed by atoms with Gasteiger partial charge in [-0.1, -0.05) is 65.4 Å². The number of nitrogens with zero attached hydrogens (tertiary/aromatic N) is 3. The lowest BCUT2D eigenvalue weighted by molar-refractivity contribution is 0.584. The van der Waals surface area contributed by atoms with E-state index in [1.807, 2.05) is 18.2 Å². The predicted molar refractivity (Wildman–Crippen MR) is 102 cm³/mol. The molecule has 0 aliphatic rings. The lowest BCUT2D eigenvalue weighted by atomic mass is 9.90. The third-order valence-electron chi connectivity index (χ3n) is 4.75. The average Bonchev–Trinajstić information content (AvgIpc) is 3.02. The Hall–Kier alpha value is -2.94. The number of rotatable bonds is 3. The molecule has 0 spiro atoms. The van der Waals surface area contributed by atoms with Crippen LogP contribution in [0.4, 0.5) is 0 Å². The Morgan fingerprint density at radius 2 is 1.44 bits per heavy atom. The Morgan fingerprint density at radius 1 is 0.800 bits per heavy atom. The summed E-state index contributed by atoms with van der Waals surface area (Å²) in [6.07, 6.45) is 0. The summed E-state index contributed by atoms with van der Waals surface area (Å²) in [6.45, 7) is 6.51. The number of aromatic nitrogens is 3. The Kier molecular flexibility index (Phi) is 3.85. The van der Waals surface area contributed by atoms with Crippen molar-refractivity contribution in [3.8, 4) is 0 Å². The fourth-order valence-electron chi connectivity index (χ4n) is 3.77. The van der Waals surface area contributed by atoms with E-state index in [0.29, 0.717) is 0 Å². The zero-order valence-electron chi connectivity index (χ0n) is 14.8. The van der Waals surface area contributed by atoms with Crippen LogP contribution in [0.2, 0.25) is 0 Å². The first kappa shape index (κ1) is 15.6. The summed E-state index contributed by atoms with van der Waals surface area (Å²) < 4.78 is 2.05. The second-order valence-electron chi connectivity index (χ2n) is 6.65. The fourth-order valence-corrected chi connectivity index (χ4v) is 3.77. The molecule has 124 valence electrons. The van der Waals surface area contributed by atoms with Crippen LogP contribution >= 0.6 is 0 Å². The Balaban J connectivity index is 2.02. The van der Waals surface area contributed by atoms with Crippen LogP contribution < -0.4 is 0 Å². The third-order valence-corrected chi connectivity index (χ3v) is 4.75. The minimum atomic E-state index is 0.00852. The molecule has 3 heteroatoms. The lowest BCUT2D eigenvalue weighted by Crippen LogP contribution is -2.16. The zero-order valence-corrected chi connectivity index (χ0v) is 14.8. The summed E-state index contributed by atoms with van der Waals surface area (Å²) in [5, 5.41) is 8.90. The van der Waals surface area contributed by atoms with Crippen LogP contribution in [0.25, 0.3) is 11.0 Å². The molecule has 0 saturated heterocycles. The van der Waals surface area contributed by atoms with E-state index in [-0.39, 0.29) is 6.04 Å². The Morgan fingerprint density at radius 3 is 2.16 bits per heavy atom. The standard InChI is InChI=1S/C22H21N3/c1-15-13-16(2)21(17(3)14-15)22(18-9-5-4-6-10-18)25-20-12-8-7-11-19(20)23-24-25/h4-14,22H,1-3H3/t22-/m0/s1. The molecule has 1 heterocycles. The van der Waals surface area contributed by atoms with E-state index in [1.165, 1.54) is 27.8 Å². The minimum absolute atomic E-state index is 0.00852. The summed E-state index contributed by atoms with van der Waals surface area (Å²) in [7, 11) is 0. The molecule has 0 aliphatic carbocycles. The Bertz CT molecular complexity index is 1010. The van der Waals surface area contributed by atoms with E-state index < -0.39 is 0 Å². The maximum Gasteiger partial charge on any atom is 0.113 e. The molecule has 0 amide bonds. The van der Waals surface area contributed by atoms with Crippen molar-refractivity contribution < 1.29 is 0 Å². The maximum atomic E-state index is 4.52. The van der Waals surface area contributed by atoms with Crippen LogP contribution in [0, 0.1) is 20.8 Å². The average molecular weight is 327 g/mol. The molecule has 4 rings (SSSR count). The summed E-state index contributed by atoms with van der Waals surface area (Å²) >= 11 is 0. The van der Waals surface area contributed by atoms with Gasteiger partial charge in [0.1, 0.15) is 11.6 Å². The van der Waals surface area contributed by atoms with Crippen molar-refractivity contribution >= 4 is 11.0 Å². The van der Waals surface area contributed by atoms with Gasteiger partial charge >= 0.3 is 0 Å². The second-order valence-corrected chi connectivity index (χ2v) is 6.65. The van der Waals surface area contributed by atoms with E-state index in [0.717, 1.165) is 11.0 Å². The molecular formula is C22H21N3. The maximum absolute atomic E-state index is 4.52. The van der Waals surface area contributed by atoms with Gasteiger partial charge in [0.2, 0.25) is 0 Å². The van der Waals surface area contributed by atoms with Crippen LogP contribution in [-0.4, -0.2) is 15.0 Å². The number of benzene rings is 3. The SMILES string of the molecule is Cc1cc(C)c([C@H](c2ccccc2)n2nnc3ccccc32)c(C)c1. The van der Waals surface area contributed by atoms with Gasteiger partial charge in [-0.05, 0) is 55.2 Å². The number of hydrogen-bond donors (Lipinski definition) is 0. The summed E-state index contributed by atoms with van der Waals surface area (Å²) in [5.41, 5.74) is 8.34. The first-order valence-corrected chi connectivity index (χ1v) is 8.58. The van der Waals surface area contributed by atoms with Crippen molar-refractivity contribution in [1.82, 2.24) is 15.0 Å². The molecule has 0 bridgehead atoms. The first-order chi connectivity index (χ1) is 12.1. The fraction of sp³-hybridized carbons (Fsp3) is 0.182. The molecule has 4 aromatic rings. The first-order valence-electron chi connectivity index (χ1n) is 8.58. The van der Waals surface area contributed by atoms with Crippen LogP contribution in [0.1, 0.15) is 33.9 Å². The van der Waals surface area contributed by atoms with Gasteiger partial charge in [0, 0.05) is 0 Å². The van der Waals surface area contributed by atoms with Gasteiger partial charge in [0.25, 0.3) is 0 Å². The molecule has 0 radical (unpaired) electrons. The van der Waals surface area contributed by atoms with E-state index >= 15 is 0 Å². The van der Waals surface area contributed by atoms with Crippen LogP contribution in [0.15, 0.2) is 66.7 Å². The molecule has 0 saturated carbocycles. The molecule has 0 aliphatic heterocycles. The summed E-state index contributed by atoms with van der Waals surface area (Å²) in [4.78, 5) is 0. The molecule has 3 nitrogen and oxygen atoms in total. The Labute approximate surface area is 147 Å². The van der Waals surface area contributed by atoms with Crippen molar-refractivity contribution in [3.63, 3.8) is 0 Å². The predicted octanol–water partition coefficient (Wildman–Crippen LogP) is 4.99. The van der Waals surface area contributed by atoms with Crippen molar-refractivity contribution in [3.05, 3.63) is 94.5 Å². The quantitative estimate of drug-likeness (QED) is 0.530. The van der Waals surface area contributed by atoms with Gasteiger partial charge in [0.05, 0.1) is 5.52 Å². The normalized spacial score (nSPS) is 12.4. The molecule has 0 N–H and O–H groups in total. The minimum Gasteiger partial charge on any atom is -0.233 e. The van der Waals surface area contributed by atoms with Crippen LogP contribution in [0.5, 0.6) is 0 Å². The van der Waals surface area contributed by atoms with Crippen LogP contribution in [0.3, 0.4) is 0 Å². The van der Waals surface area contributed by atoms with Gasteiger partial charge in [-0.15, -0.1) is 5.10 Å². The highest BCUT2D eigenvalue weighted by molar-refractivity contribution is 5.74. The smallest absolute Gasteiger partial charge is 0.113 e. The lowest BCUT2D eigenvalue weighted by Gasteiger charge is -2.23. The third kappa shape index (κ3) is 2.72. The van der Waals surface area contributed by atoms with Gasteiger partial charge in [-0.2, -0.15) is 0 Å². The summed E-state index contributed by atoms with van der Waals surface area (Å²) in [6, 6.07) is 23.2. The van der Waals surface area contributed by atoms with E-state index in [9.17, 15) is 0 Å². The molecule has 1 atom stereocenters. The highest BCUT2D eigenvalue weighted by Gasteiger charge is 2.23. The van der Waals surface area contributed by atoms with Gasteiger partial charge in [-0.3, -0.25) is 0 Å². The number of fused-ring (bicyclic) bond motifs is 1. The molecule has 25 heavy (non-hydrogen) atoms. The molecule has 3 aromatic carbocycles. The summed E-state index contributed by atoms with van der Waals surface area (Å²) in [5.74, 6) is 0. The van der Waals surface area contributed by atoms with Crippen LogP contribution in [-0.2, 0) is 0 Å². The van der Waals surface area contributed by atoms with Gasteiger partial charge in [0.15, 0.2) is 0 Å². The van der Waals surface area contributed by atoms with Crippen molar-refractivity contribution in [1.29, 1.82) is 0 Å². The molecule has 0 unspecified atom stereocenters. The van der Waals surface area contributed by atoms with Crippen molar-refractivity contribution in [2.24, 2.45) is 0 Å². The molecular weight excluding hydrogens is 306 g/mol. The topological polar surface area (TPSA) is 30.7 Å². The number of hydrogen-bond acceptors (Lipinski definition) is 2. The zero-order chi connectivity index (χ0) is 17.4. The van der Waals surface area contributed by atoms with Gasteiger partial charge in [-0.25, -0.2) is 4.68 Å². The van der Waals surface area contributed by atoms with Gasteiger partial charge < -0.3 is 0 Å². The second kappa shape index (κ2) is 6.17. The molecule has 0 fully saturated rings. The molecule has 1 aromatic heterocycles. The van der Waals surface area contributed by atoms with E-state index in [4.69, 9.17) is 0 Å².